The van der Waals surface area contributed by atoms with Crippen molar-refractivity contribution in [3.05, 3.63) is 23.8 Å². The van der Waals surface area contributed by atoms with Gasteiger partial charge in [-0.05, 0) is 60.8 Å². The van der Waals surface area contributed by atoms with Crippen LogP contribution in [0.25, 0.3) is 0 Å². The number of benzene rings is 1. The van der Waals surface area contributed by atoms with Crippen molar-refractivity contribution in [2.75, 3.05) is 10.6 Å². The second-order valence-corrected chi connectivity index (χ2v) is 7.56. The van der Waals surface area contributed by atoms with E-state index in [2.05, 4.69) is 43.5 Å². The summed E-state index contributed by atoms with van der Waals surface area (Å²) in [6.45, 7) is 7.11. The predicted molar refractivity (Wildman–Crippen MR) is 87.6 cm³/mol. The van der Waals surface area contributed by atoms with Crippen molar-refractivity contribution >= 4 is 17.3 Å². The fourth-order valence-electron chi connectivity index (χ4n) is 3.85. The average molecular weight is 286 g/mol. The quantitative estimate of drug-likeness (QED) is 0.855. The van der Waals surface area contributed by atoms with E-state index in [4.69, 9.17) is 0 Å². The molecule has 21 heavy (non-hydrogen) atoms. The van der Waals surface area contributed by atoms with E-state index in [1.54, 1.807) is 0 Å². The van der Waals surface area contributed by atoms with Crippen LogP contribution in [0.15, 0.2) is 18.2 Å². The van der Waals surface area contributed by atoms with Gasteiger partial charge >= 0.3 is 0 Å². The lowest BCUT2D eigenvalue weighted by Crippen LogP contribution is -2.36. The minimum absolute atomic E-state index is 0.131. The first-order valence-corrected chi connectivity index (χ1v) is 8.12. The Balaban J connectivity index is 1.70. The monoisotopic (exact) mass is 286 g/mol. The van der Waals surface area contributed by atoms with Crippen LogP contribution < -0.4 is 10.6 Å². The zero-order valence-corrected chi connectivity index (χ0v) is 13.3. The molecule has 2 atom stereocenters. The summed E-state index contributed by atoms with van der Waals surface area (Å²) in [6.07, 6.45) is 5.26. The molecule has 3 nitrogen and oxygen atoms in total. The Morgan fingerprint density at radius 3 is 2.86 bits per heavy atom. The number of carbonyl (C=O) groups excluding carboxylic acids is 1. The van der Waals surface area contributed by atoms with Crippen molar-refractivity contribution in [1.29, 1.82) is 0 Å². The van der Waals surface area contributed by atoms with Crippen molar-refractivity contribution < 1.29 is 4.79 Å². The van der Waals surface area contributed by atoms with E-state index in [9.17, 15) is 4.79 Å². The van der Waals surface area contributed by atoms with Crippen LogP contribution in [0.1, 0.15) is 52.0 Å². The van der Waals surface area contributed by atoms with Gasteiger partial charge in [-0.2, -0.15) is 0 Å². The van der Waals surface area contributed by atoms with Crippen molar-refractivity contribution in [2.24, 2.45) is 11.3 Å². The van der Waals surface area contributed by atoms with Gasteiger partial charge in [0.05, 0.1) is 0 Å². The molecule has 0 bridgehead atoms. The van der Waals surface area contributed by atoms with Crippen LogP contribution >= 0.6 is 0 Å². The molecule has 114 valence electrons. The molecule has 1 aliphatic heterocycles. The second-order valence-electron chi connectivity index (χ2n) is 7.56. The van der Waals surface area contributed by atoms with Gasteiger partial charge < -0.3 is 10.6 Å². The van der Waals surface area contributed by atoms with Crippen molar-refractivity contribution in [2.45, 2.75) is 58.9 Å². The average Bonchev–Trinajstić information content (AvgIpc) is 2.41. The lowest BCUT2D eigenvalue weighted by atomic mass is 9.70. The molecule has 2 N–H and O–H groups in total. The highest BCUT2D eigenvalue weighted by molar-refractivity contribution is 5.94. The number of amides is 1. The van der Waals surface area contributed by atoms with Crippen LogP contribution in [0.5, 0.6) is 0 Å². The molecule has 1 aromatic rings. The van der Waals surface area contributed by atoms with E-state index >= 15 is 0 Å². The number of fused-ring (bicyclic) bond motifs is 1. The third-order valence-electron chi connectivity index (χ3n) is 5.05. The van der Waals surface area contributed by atoms with Crippen molar-refractivity contribution in [3.63, 3.8) is 0 Å². The second kappa shape index (κ2) is 5.36. The number of aryl methyl sites for hydroxylation is 1. The maximum absolute atomic E-state index is 11.4. The molecule has 2 unspecified atom stereocenters. The molecule has 1 aromatic carbocycles. The highest BCUT2D eigenvalue weighted by Crippen LogP contribution is 2.39. The largest absolute Gasteiger partial charge is 0.382 e. The third-order valence-corrected chi connectivity index (χ3v) is 5.05. The number of rotatable bonds is 2. The Hall–Kier alpha value is -1.51. The first-order chi connectivity index (χ1) is 9.93. The number of nitrogens with one attached hydrogen (secondary N) is 2. The van der Waals surface area contributed by atoms with Crippen LogP contribution in [-0.2, 0) is 11.2 Å². The Morgan fingerprint density at radius 2 is 2.10 bits per heavy atom. The maximum atomic E-state index is 11.4. The molecule has 3 heteroatoms. The van der Waals surface area contributed by atoms with Gasteiger partial charge in [0.25, 0.3) is 0 Å². The molecular formula is C18H26N2O. The zero-order valence-electron chi connectivity index (χ0n) is 13.3. The van der Waals surface area contributed by atoms with Gasteiger partial charge in [0.2, 0.25) is 5.91 Å². The predicted octanol–water partition coefficient (Wildman–Crippen LogP) is 4.20. The van der Waals surface area contributed by atoms with E-state index in [1.807, 2.05) is 6.07 Å². The SMILES string of the molecule is CC1CC(C)(C)CCC1Nc1ccc2c(c1)CCC(=O)N2. The zero-order chi connectivity index (χ0) is 15.0. The molecule has 0 spiro atoms. The summed E-state index contributed by atoms with van der Waals surface area (Å²) in [6, 6.07) is 6.90. The molecule has 3 rings (SSSR count). The van der Waals surface area contributed by atoms with E-state index in [-0.39, 0.29) is 5.91 Å². The number of hydrogen-bond donors (Lipinski definition) is 2. The number of carbonyl (C=O) groups is 1. The van der Waals surface area contributed by atoms with Crippen molar-refractivity contribution in [3.8, 4) is 0 Å². The van der Waals surface area contributed by atoms with E-state index in [1.165, 1.54) is 30.5 Å². The first-order valence-electron chi connectivity index (χ1n) is 8.12. The normalized spacial score (nSPS) is 27.7. The summed E-state index contributed by atoms with van der Waals surface area (Å²) < 4.78 is 0. The van der Waals surface area contributed by atoms with Crippen molar-refractivity contribution in [1.82, 2.24) is 0 Å². The minimum atomic E-state index is 0.131. The maximum Gasteiger partial charge on any atom is 0.224 e. The smallest absolute Gasteiger partial charge is 0.224 e. The van der Waals surface area contributed by atoms with Crippen LogP contribution in [0.2, 0.25) is 0 Å². The van der Waals surface area contributed by atoms with Gasteiger partial charge in [-0.1, -0.05) is 20.8 Å². The Bertz CT molecular complexity index is 550. The van der Waals surface area contributed by atoms with Crippen LogP contribution in [0.3, 0.4) is 0 Å². The molecule has 1 saturated carbocycles. The Labute approximate surface area is 127 Å². The third kappa shape index (κ3) is 3.22. The minimum Gasteiger partial charge on any atom is -0.382 e. The summed E-state index contributed by atoms with van der Waals surface area (Å²) in [7, 11) is 0. The Morgan fingerprint density at radius 1 is 1.29 bits per heavy atom. The molecule has 2 aliphatic rings. The molecule has 0 radical (unpaired) electrons. The standard InChI is InChI=1S/C18H26N2O/c1-12-11-18(2,3)9-8-15(12)19-14-5-6-16-13(10-14)4-7-17(21)20-16/h5-6,10,12,15,19H,4,7-9,11H2,1-3H3,(H,20,21). The molecule has 1 aliphatic carbocycles. The highest BCUT2D eigenvalue weighted by Gasteiger charge is 2.32. The van der Waals surface area contributed by atoms with Crippen LogP contribution in [0.4, 0.5) is 11.4 Å². The van der Waals surface area contributed by atoms with Gasteiger partial charge in [0, 0.05) is 23.8 Å². The molecule has 1 heterocycles. The Kier molecular flexibility index (Phi) is 3.68. The van der Waals surface area contributed by atoms with Gasteiger partial charge in [-0.3, -0.25) is 4.79 Å². The van der Waals surface area contributed by atoms with Crippen LogP contribution in [0, 0.1) is 11.3 Å². The van der Waals surface area contributed by atoms with Gasteiger partial charge in [0.15, 0.2) is 0 Å². The number of hydrogen-bond acceptors (Lipinski definition) is 2. The fraction of sp³-hybridized carbons (Fsp3) is 0.611. The first kappa shape index (κ1) is 14.4. The van der Waals surface area contributed by atoms with E-state index in [0.29, 0.717) is 23.8 Å². The molecular weight excluding hydrogens is 260 g/mol. The van der Waals surface area contributed by atoms with Gasteiger partial charge in [-0.15, -0.1) is 0 Å². The fourth-order valence-corrected chi connectivity index (χ4v) is 3.85. The summed E-state index contributed by atoms with van der Waals surface area (Å²) in [5.74, 6) is 0.829. The van der Waals surface area contributed by atoms with Gasteiger partial charge in [0.1, 0.15) is 0 Å². The highest BCUT2D eigenvalue weighted by atomic mass is 16.1. The summed E-state index contributed by atoms with van der Waals surface area (Å²) in [5, 5.41) is 6.66. The topological polar surface area (TPSA) is 41.1 Å². The summed E-state index contributed by atoms with van der Waals surface area (Å²) in [4.78, 5) is 11.4. The molecule has 0 aromatic heterocycles. The van der Waals surface area contributed by atoms with Gasteiger partial charge in [-0.25, -0.2) is 0 Å². The van der Waals surface area contributed by atoms with Crippen LogP contribution in [-0.4, -0.2) is 11.9 Å². The number of anilines is 2. The molecule has 0 saturated heterocycles. The molecule has 1 fully saturated rings. The summed E-state index contributed by atoms with van der Waals surface area (Å²) >= 11 is 0. The lowest BCUT2D eigenvalue weighted by molar-refractivity contribution is -0.116. The molecule has 1 amide bonds. The van der Waals surface area contributed by atoms with E-state index in [0.717, 1.165) is 12.1 Å². The van der Waals surface area contributed by atoms with E-state index < -0.39 is 0 Å². The summed E-state index contributed by atoms with van der Waals surface area (Å²) in [5.41, 5.74) is 3.91. The lowest BCUT2D eigenvalue weighted by Gasteiger charge is -2.40.